The van der Waals surface area contributed by atoms with Gasteiger partial charge in [0.25, 0.3) is 0 Å². The smallest absolute Gasteiger partial charge is 0.243 e. The molecule has 0 radical (unpaired) electrons. The summed E-state index contributed by atoms with van der Waals surface area (Å²) in [6.07, 6.45) is 3.49. The maximum atomic E-state index is 13.1. The Balaban J connectivity index is 1.70. The highest BCUT2D eigenvalue weighted by molar-refractivity contribution is 7.89. The van der Waals surface area contributed by atoms with Gasteiger partial charge in [-0.2, -0.15) is 4.31 Å². The fourth-order valence-electron chi connectivity index (χ4n) is 4.45. The average Bonchev–Trinajstić information content (AvgIpc) is 2.80. The molecule has 1 N–H and O–H groups in total. The van der Waals surface area contributed by atoms with Crippen LogP contribution in [-0.2, 0) is 21.2 Å². The van der Waals surface area contributed by atoms with Gasteiger partial charge in [-0.15, -0.1) is 0 Å². The molecule has 1 saturated heterocycles. The lowest BCUT2D eigenvalue weighted by Gasteiger charge is -2.26. The maximum absolute atomic E-state index is 13.1. The van der Waals surface area contributed by atoms with Crippen molar-refractivity contribution < 1.29 is 17.9 Å². The molecule has 2 aromatic rings. The molecule has 33 heavy (non-hydrogen) atoms. The minimum absolute atomic E-state index is 0.0773. The molecule has 0 bridgehead atoms. The van der Waals surface area contributed by atoms with E-state index >= 15 is 0 Å². The van der Waals surface area contributed by atoms with E-state index in [9.17, 15) is 13.2 Å². The minimum Gasteiger partial charge on any atom is -0.496 e. The third-order valence-corrected chi connectivity index (χ3v) is 8.45. The van der Waals surface area contributed by atoms with Crippen LogP contribution in [0.5, 0.6) is 5.75 Å². The molecule has 3 rings (SSSR count). The van der Waals surface area contributed by atoms with Crippen LogP contribution in [0.4, 0.5) is 0 Å². The van der Waals surface area contributed by atoms with E-state index in [0.717, 1.165) is 36.0 Å². The molecule has 1 atom stereocenters. The van der Waals surface area contributed by atoms with Gasteiger partial charge in [0.2, 0.25) is 15.9 Å². The molecule has 1 aliphatic heterocycles. The Hall–Kier alpha value is -2.38. The van der Waals surface area contributed by atoms with Crippen LogP contribution >= 0.6 is 0 Å². The molecule has 0 saturated carbocycles. The van der Waals surface area contributed by atoms with Crippen LogP contribution in [0, 0.1) is 20.8 Å². The van der Waals surface area contributed by atoms with Crippen molar-refractivity contribution in [1.82, 2.24) is 9.62 Å². The molecule has 180 valence electrons. The predicted octanol–water partition coefficient (Wildman–Crippen LogP) is 4.61. The van der Waals surface area contributed by atoms with E-state index < -0.39 is 10.0 Å². The zero-order valence-electron chi connectivity index (χ0n) is 20.4. The Kier molecular flexibility index (Phi) is 8.19. The number of carbonyl (C=O) groups is 1. The highest BCUT2D eigenvalue weighted by Crippen LogP contribution is 2.27. The van der Waals surface area contributed by atoms with Crippen molar-refractivity contribution in [3.05, 3.63) is 58.1 Å². The van der Waals surface area contributed by atoms with Crippen LogP contribution in [-0.4, -0.2) is 38.8 Å². The van der Waals surface area contributed by atoms with Gasteiger partial charge in [-0.1, -0.05) is 18.6 Å². The first-order valence-corrected chi connectivity index (χ1v) is 13.1. The van der Waals surface area contributed by atoms with Crippen LogP contribution < -0.4 is 10.1 Å². The first-order chi connectivity index (χ1) is 15.6. The second kappa shape index (κ2) is 10.7. The molecule has 2 aromatic carbocycles. The summed E-state index contributed by atoms with van der Waals surface area (Å²) >= 11 is 0. The lowest BCUT2D eigenvalue weighted by molar-refractivity contribution is -0.121. The summed E-state index contributed by atoms with van der Waals surface area (Å²) in [6, 6.07) is 9.11. The van der Waals surface area contributed by atoms with Crippen molar-refractivity contribution in [1.29, 1.82) is 0 Å². The summed E-state index contributed by atoms with van der Waals surface area (Å²) in [5, 5.41) is 3.08. The average molecular weight is 473 g/mol. The summed E-state index contributed by atoms with van der Waals surface area (Å²) < 4.78 is 33.1. The van der Waals surface area contributed by atoms with E-state index in [0.29, 0.717) is 25.3 Å². The molecular weight excluding hydrogens is 436 g/mol. The van der Waals surface area contributed by atoms with E-state index in [1.807, 2.05) is 6.92 Å². The molecular formula is C26H36N2O4S. The van der Waals surface area contributed by atoms with E-state index in [2.05, 4.69) is 38.2 Å². The molecule has 1 fully saturated rings. The number of piperidine rings is 1. The zero-order valence-corrected chi connectivity index (χ0v) is 21.2. The predicted molar refractivity (Wildman–Crippen MR) is 131 cm³/mol. The van der Waals surface area contributed by atoms with Gasteiger partial charge in [0, 0.05) is 19.5 Å². The molecule has 6 nitrogen and oxygen atoms in total. The molecule has 7 heteroatoms. The standard InChI is InChI=1S/C26H36N2O4S/c1-18-15-20(3)24(16-19(18)2)21(4)27-26(29)12-9-22-17-23(10-11-25(22)32-5)33(30,31)28-13-7-6-8-14-28/h10-11,15-17,21H,6-9,12-14H2,1-5H3,(H,27,29). The largest absolute Gasteiger partial charge is 0.496 e. The van der Waals surface area contributed by atoms with Crippen molar-refractivity contribution >= 4 is 15.9 Å². The summed E-state index contributed by atoms with van der Waals surface area (Å²) in [6.45, 7) is 9.32. The topological polar surface area (TPSA) is 75.7 Å². The van der Waals surface area contributed by atoms with E-state index in [-0.39, 0.29) is 23.3 Å². The van der Waals surface area contributed by atoms with Gasteiger partial charge >= 0.3 is 0 Å². The number of hydrogen-bond donors (Lipinski definition) is 1. The number of sulfonamides is 1. The first kappa shape index (κ1) is 25.2. The first-order valence-electron chi connectivity index (χ1n) is 11.7. The monoisotopic (exact) mass is 472 g/mol. The van der Waals surface area contributed by atoms with Crippen molar-refractivity contribution in [2.45, 2.75) is 70.7 Å². The van der Waals surface area contributed by atoms with E-state index in [4.69, 9.17) is 4.74 Å². The quantitative estimate of drug-likeness (QED) is 0.609. The Bertz CT molecular complexity index is 1110. The van der Waals surface area contributed by atoms with Gasteiger partial charge in [-0.05, 0) is 93.0 Å². The Morgan fingerprint density at radius 2 is 1.70 bits per heavy atom. The van der Waals surface area contributed by atoms with Crippen LogP contribution in [0.15, 0.2) is 35.2 Å². The Labute approximate surface area is 198 Å². The molecule has 1 aliphatic rings. The number of ether oxygens (including phenoxy) is 1. The fourth-order valence-corrected chi connectivity index (χ4v) is 6.02. The molecule has 0 aromatic heterocycles. The third kappa shape index (κ3) is 5.95. The second-order valence-electron chi connectivity index (χ2n) is 9.02. The maximum Gasteiger partial charge on any atom is 0.243 e. The van der Waals surface area contributed by atoms with Crippen LogP contribution in [0.1, 0.15) is 66.5 Å². The minimum atomic E-state index is -3.54. The number of amides is 1. The lowest BCUT2D eigenvalue weighted by Crippen LogP contribution is -2.35. The molecule has 1 amide bonds. The highest BCUT2D eigenvalue weighted by atomic mass is 32.2. The SMILES string of the molecule is COc1ccc(S(=O)(=O)N2CCCCC2)cc1CCC(=O)NC(C)c1cc(C)c(C)cc1C. The molecule has 0 aliphatic carbocycles. The third-order valence-electron chi connectivity index (χ3n) is 6.55. The summed E-state index contributed by atoms with van der Waals surface area (Å²) in [5.74, 6) is 0.518. The second-order valence-corrected chi connectivity index (χ2v) is 11.0. The van der Waals surface area contributed by atoms with Crippen LogP contribution in [0.3, 0.4) is 0 Å². The number of rotatable bonds is 8. The number of methoxy groups -OCH3 is 1. The lowest BCUT2D eigenvalue weighted by atomic mass is 9.96. The van der Waals surface area contributed by atoms with E-state index in [1.54, 1.807) is 29.6 Å². The van der Waals surface area contributed by atoms with Crippen LogP contribution in [0.25, 0.3) is 0 Å². The van der Waals surface area contributed by atoms with E-state index in [1.165, 1.54) is 11.1 Å². The number of aryl methyl sites for hydroxylation is 4. The fraction of sp³-hybridized carbons (Fsp3) is 0.500. The van der Waals surface area contributed by atoms with Gasteiger partial charge in [0.1, 0.15) is 5.75 Å². The Morgan fingerprint density at radius 1 is 1.03 bits per heavy atom. The van der Waals surface area contributed by atoms with Gasteiger partial charge in [0.05, 0.1) is 18.0 Å². The van der Waals surface area contributed by atoms with Crippen molar-refractivity contribution in [2.75, 3.05) is 20.2 Å². The number of benzene rings is 2. The van der Waals surface area contributed by atoms with Gasteiger partial charge in [-0.25, -0.2) is 8.42 Å². The zero-order chi connectivity index (χ0) is 24.2. The number of carbonyl (C=O) groups excluding carboxylic acids is 1. The van der Waals surface area contributed by atoms with Crippen molar-refractivity contribution in [3.8, 4) is 5.75 Å². The molecule has 1 heterocycles. The summed E-state index contributed by atoms with van der Waals surface area (Å²) in [4.78, 5) is 13.0. The number of nitrogens with one attached hydrogen (secondary N) is 1. The normalized spacial score (nSPS) is 15.8. The highest BCUT2D eigenvalue weighted by Gasteiger charge is 2.26. The molecule has 1 unspecified atom stereocenters. The van der Waals surface area contributed by atoms with Gasteiger partial charge < -0.3 is 10.1 Å². The summed E-state index contributed by atoms with van der Waals surface area (Å²) in [5.41, 5.74) is 5.43. The van der Waals surface area contributed by atoms with Crippen LogP contribution in [0.2, 0.25) is 0 Å². The number of hydrogen-bond acceptors (Lipinski definition) is 4. The van der Waals surface area contributed by atoms with Gasteiger partial charge in [0.15, 0.2) is 0 Å². The van der Waals surface area contributed by atoms with Crippen molar-refractivity contribution in [3.63, 3.8) is 0 Å². The Morgan fingerprint density at radius 3 is 2.36 bits per heavy atom. The summed E-state index contributed by atoms with van der Waals surface area (Å²) in [7, 11) is -1.98. The molecule has 0 spiro atoms. The number of nitrogens with zero attached hydrogens (tertiary/aromatic N) is 1. The van der Waals surface area contributed by atoms with Gasteiger partial charge in [-0.3, -0.25) is 4.79 Å². The van der Waals surface area contributed by atoms with Crippen molar-refractivity contribution in [2.24, 2.45) is 0 Å².